The third kappa shape index (κ3) is 3.17. The van der Waals surface area contributed by atoms with E-state index in [1.54, 1.807) is 22.6 Å². The molecule has 2 atom stereocenters. The number of hydrogen-bond donors (Lipinski definition) is 1. The van der Waals surface area contributed by atoms with Gasteiger partial charge in [-0.25, -0.2) is 9.97 Å². The number of nitrogens with zero attached hydrogens (tertiary/aromatic N) is 3. The van der Waals surface area contributed by atoms with Crippen LogP contribution in [0, 0.1) is 0 Å². The Kier molecular flexibility index (Phi) is 4.55. The molecule has 1 fully saturated rings. The molecule has 5 rings (SSSR count). The first-order valence-electron chi connectivity index (χ1n) is 9.72. The Bertz CT molecular complexity index is 1080. The van der Waals surface area contributed by atoms with E-state index >= 15 is 0 Å². The number of hydrogen-bond acceptors (Lipinski definition) is 4. The first-order valence-corrected chi connectivity index (χ1v) is 10.5. The Morgan fingerprint density at radius 1 is 1.00 bits per heavy atom. The van der Waals surface area contributed by atoms with Crippen molar-refractivity contribution in [3.05, 3.63) is 78.6 Å². The molecule has 2 aromatic carbocycles. The Morgan fingerprint density at radius 3 is 2.54 bits per heavy atom. The highest BCUT2D eigenvalue weighted by atomic mass is 32.1. The van der Waals surface area contributed by atoms with Gasteiger partial charge in [0.1, 0.15) is 29.6 Å². The average Bonchev–Trinajstić information content (AvgIpc) is 3.20. The molecule has 28 heavy (non-hydrogen) atoms. The van der Waals surface area contributed by atoms with E-state index in [2.05, 4.69) is 83.7 Å². The lowest BCUT2D eigenvalue weighted by molar-refractivity contribution is -0.883. The first kappa shape index (κ1) is 17.3. The number of benzene rings is 2. The average molecular weight is 388 g/mol. The van der Waals surface area contributed by atoms with Gasteiger partial charge in [0.15, 0.2) is 0 Å². The van der Waals surface area contributed by atoms with Crippen molar-refractivity contribution in [2.75, 3.05) is 31.6 Å². The van der Waals surface area contributed by atoms with E-state index < -0.39 is 0 Å². The zero-order valence-electron chi connectivity index (χ0n) is 15.9. The smallest absolute Gasteiger partial charge is 0.141 e. The molecule has 2 aromatic heterocycles. The van der Waals surface area contributed by atoms with Gasteiger partial charge in [-0.3, -0.25) is 0 Å². The maximum atomic E-state index is 4.75. The fourth-order valence-electron chi connectivity index (χ4n) is 4.05. The molecule has 1 saturated heterocycles. The molecule has 0 bridgehead atoms. The highest BCUT2D eigenvalue weighted by Crippen LogP contribution is 2.38. The largest absolute Gasteiger partial charge is 0.338 e. The van der Waals surface area contributed by atoms with Crippen LogP contribution in [0.1, 0.15) is 11.6 Å². The summed E-state index contributed by atoms with van der Waals surface area (Å²) in [6.45, 7) is 3.18. The highest BCUT2D eigenvalue weighted by molar-refractivity contribution is 7.21. The molecule has 4 nitrogen and oxygen atoms in total. The minimum absolute atomic E-state index is 0.327. The summed E-state index contributed by atoms with van der Waals surface area (Å²) in [5, 5.41) is 1.16. The molecule has 0 aliphatic carbocycles. The minimum atomic E-state index is 0.327. The minimum Gasteiger partial charge on any atom is -0.338 e. The maximum absolute atomic E-state index is 4.75. The number of rotatable bonds is 3. The first-order chi connectivity index (χ1) is 13.8. The van der Waals surface area contributed by atoms with Gasteiger partial charge < -0.3 is 9.80 Å². The number of thiophene rings is 1. The molecule has 0 saturated carbocycles. The molecule has 0 amide bonds. The van der Waals surface area contributed by atoms with Crippen molar-refractivity contribution < 1.29 is 4.90 Å². The standard InChI is InChI=1S/C23H22N4S/c1-26-12-13-27(20(15-26)17-8-4-2-5-9-17)22-19-14-21(18-10-6-3-7-11-18)28-23(19)25-16-24-22/h2-11,14,16,20H,12-13,15H2,1H3/p+1/t20-/m0/s1. The van der Waals surface area contributed by atoms with E-state index in [-0.39, 0.29) is 0 Å². The fraction of sp³-hybridized carbons (Fsp3) is 0.217. The van der Waals surface area contributed by atoms with Crippen molar-refractivity contribution >= 4 is 27.4 Å². The zero-order chi connectivity index (χ0) is 18.9. The Balaban J connectivity index is 1.60. The molecule has 1 aliphatic rings. The van der Waals surface area contributed by atoms with Crippen LogP contribution in [0.4, 0.5) is 5.82 Å². The SMILES string of the molecule is C[NH+]1CCN(c2ncnc3sc(-c4ccccc4)cc23)[C@H](c2ccccc2)C1. The quantitative estimate of drug-likeness (QED) is 0.585. The van der Waals surface area contributed by atoms with Gasteiger partial charge in [0.2, 0.25) is 0 Å². The number of nitrogens with one attached hydrogen (secondary N) is 1. The summed E-state index contributed by atoms with van der Waals surface area (Å²) in [5.74, 6) is 1.06. The zero-order valence-corrected chi connectivity index (χ0v) is 16.7. The van der Waals surface area contributed by atoms with Gasteiger partial charge in [-0.05, 0) is 17.2 Å². The molecular formula is C23H23N4S+. The second-order valence-corrected chi connectivity index (χ2v) is 8.45. The van der Waals surface area contributed by atoms with Gasteiger partial charge >= 0.3 is 0 Å². The lowest BCUT2D eigenvalue weighted by Crippen LogP contribution is -3.12. The van der Waals surface area contributed by atoms with E-state index in [4.69, 9.17) is 4.98 Å². The number of aromatic nitrogens is 2. The fourth-order valence-corrected chi connectivity index (χ4v) is 5.05. The number of likely N-dealkylation sites (N-methyl/N-ethyl adjacent to an activating group) is 1. The Morgan fingerprint density at radius 2 is 1.75 bits per heavy atom. The topological polar surface area (TPSA) is 33.5 Å². The van der Waals surface area contributed by atoms with Gasteiger partial charge in [-0.15, -0.1) is 11.3 Å². The summed E-state index contributed by atoms with van der Waals surface area (Å²) >= 11 is 1.74. The number of fused-ring (bicyclic) bond motifs is 1. The second-order valence-electron chi connectivity index (χ2n) is 7.42. The van der Waals surface area contributed by atoms with Crippen molar-refractivity contribution in [3.63, 3.8) is 0 Å². The predicted octanol–water partition coefficient (Wildman–Crippen LogP) is 3.43. The molecule has 3 heterocycles. The molecule has 1 unspecified atom stereocenters. The second kappa shape index (κ2) is 7.34. The van der Waals surface area contributed by atoms with Crippen LogP contribution in [-0.2, 0) is 0 Å². The van der Waals surface area contributed by atoms with Crippen LogP contribution in [0.15, 0.2) is 73.1 Å². The molecule has 0 radical (unpaired) electrons. The van der Waals surface area contributed by atoms with Crippen LogP contribution in [0.2, 0.25) is 0 Å². The monoisotopic (exact) mass is 387 g/mol. The van der Waals surface area contributed by atoms with E-state index in [0.29, 0.717) is 6.04 Å². The molecule has 0 spiro atoms. The number of piperazine rings is 1. The predicted molar refractivity (Wildman–Crippen MR) is 116 cm³/mol. The molecule has 1 N–H and O–H groups in total. The maximum Gasteiger partial charge on any atom is 0.141 e. The Hall–Kier alpha value is -2.76. The van der Waals surface area contributed by atoms with Crippen molar-refractivity contribution in [1.29, 1.82) is 0 Å². The Labute approximate surface area is 169 Å². The molecule has 1 aliphatic heterocycles. The van der Waals surface area contributed by atoms with Crippen LogP contribution >= 0.6 is 11.3 Å². The summed E-state index contributed by atoms with van der Waals surface area (Å²) in [6.07, 6.45) is 1.72. The van der Waals surface area contributed by atoms with Gasteiger partial charge in [0, 0.05) is 4.88 Å². The molecular weight excluding hydrogens is 364 g/mol. The van der Waals surface area contributed by atoms with Gasteiger partial charge in [-0.2, -0.15) is 0 Å². The van der Waals surface area contributed by atoms with Crippen LogP contribution in [0.5, 0.6) is 0 Å². The van der Waals surface area contributed by atoms with Crippen molar-refractivity contribution in [1.82, 2.24) is 9.97 Å². The van der Waals surface area contributed by atoms with Crippen LogP contribution in [-0.4, -0.2) is 36.6 Å². The summed E-state index contributed by atoms with van der Waals surface area (Å²) in [4.78, 5) is 15.7. The normalized spacial score (nSPS) is 19.8. The van der Waals surface area contributed by atoms with Crippen molar-refractivity contribution in [3.8, 4) is 10.4 Å². The van der Waals surface area contributed by atoms with Crippen molar-refractivity contribution in [2.24, 2.45) is 0 Å². The third-order valence-corrected chi connectivity index (χ3v) is 6.61. The van der Waals surface area contributed by atoms with Crippen LogP contribution in [0.3, 0.4) is 0 Å². The van der Waals surface area contributed by atoms with E-state index in [1.165, 1.54) is 16.0 Å². The number of anilines is 1. The van der Waals surface area contributed by atoms with Crippen LogP contribution < -0.4 is 9.80 Å². The van der Waals surface area contributed by atoms with Crippen LogP contribution in [0.25, 0.3) is 20.7 Å². The summed E-state index contributed by atoms with van der Waals surface area (Å²) in [6, 6.07) is 23.9. The molecule has 140 valence electrons. The molecule has 5 heteroatoms. The highest BCUT2D eigenvalue weighted by Gasteiger charge is 2.31. The van der Waals surface area contributed by atoms with Gasteiger partial charge in [-0.1, -0.05) is 60.7 Å². The molecule has 4 aromatic rings. The van der Waals surface area contributed by atoms with E-state index in [0.717, 1.165) is 35.7 Å². The van der Waals surface area contributed by atoms with Gasteiger partial charge in [0.05, 0.1) is 25.5 Å². The summed E-state index contributed by atoms with van der Waals surface area (Å²) in [5.41, 5.74) is 2.59. The third-order valence-electron chi connectivity index (χ3n) is 5.52. The lowest BCUT2D eigenvalue weighted by atomic mass is 10.0. The number of quaternary nitrogens is 1. The van der Waals surface area contributed by atoms with E-state index in [9.17, 15) is 0 Å². The van der Waals surface area contributed by atoms with Gasteiger partial charge in [0.25, 0.3) is 0 Å². The van der Waals surface area contributed by atoms with E-state index in [1.807, 2.05) is 0 Å². The lowest BCUT2D eigenvalue weighted by Gasteiger charge is -2.39. The van der Waals surface area contributed by atoms with Crippen molar-refractivity contribution in [2.45, 2.75) is 6.04 Å². The summed E-state index contributed by atoms with van der Waals surface area (Å²) in [7, 11) is 2.28. The summed E-state index contributed by atoms with van der Waals surface area (Å²) < 4.78 is 0.